The first-order valence-electron chi connectivity index (χ1n) is 6.11. The first-order chi connectivity index (χ1) is 8.22. The van der Waals surface area contributed by atoms with E-state index in [1.165, 1.54) is 0 Å². The molecule has 3 heteroatoms. The van der Waals surface area contributed by atoms with Gasteiger partial charge in [0.2, 0.25) is 0 Å². The average molecular weight is 233 g/mol. The van der Waals surface area contributed by atoms with E-state index < -0.39 is 0 Å². The van der Waals surface area contributed by atoms with E-state index in [0.717, 1.165) is 37.0 Å². The van der Waals surface area contributed by atoms with E-state index in [1.54, 1.807) is 13.2 Å². The summed E-state index contributed by atoms with van der Waals surface area (Å²) < 4.78 is 5.15. The van der Waals surface area contributed by atoms with Crippen LogP contribution in [0.3, 0.4) is 0 Å². The number of ether oxygens (including phenoxy) is 1. The number of methoxy groups -OCH3 is 1. The minimum absolute atomic E-state index is 0.177. The van der Waals surface area contributed by atoms with Crippen LogP contribution < -0.4 is 10.5 Å². The maximum absolute atomic E-state index is 12.5. The fraction of sp³-hybridized carbons (Fsp3) is 0.500. The first-order valence-corrected chi connectivity index (χ1v) is 6.11. The number of nitrogens with two attached hydrogens (primary N) is 1. The number of carbonyl (C=O) groups excluding carboxylic acids is 1. The summed E-state index contributed by atoms with van der Waals surface area (Å²) in [5.41, 5.74) is 6.22. The standard InChI is InChI=1S/C14H19NO2/c1-17-12-6-4-5-11(9-12)13(16)14(10-15)7-2-3-8-14/h4-6,9H,2-3,7-8,10,15H2,1H3. The largest absolute Gasteiger partial charge is 0.497 e. The molecule has 17 heavy (non-hydrogen) atoms. The van der Waals surface area contributed by atoms with Crippen molar-refractivity contribution in [1.29, 1.82) is 0 Å². The molecule has 1 saturated carbocycles. The van der Waals surface area contributed by atoms with Crippen molar-refractivity contribution in [3.05, 3.63) is 29.8 Å². The van der Waals surface area contributed by atoms with Gasteiger partial charge >= 0.3 is 0 Å². The van der Waals surface area contributed by atoms with Crippen LogP contribution in [-0.4, -0.2) is 19.4 Å². The molecular formula is C14H19NO2. The lowest BCUT2D eigenvalue weighted by atomic mass is 9.79. The Kier molecular flexibility index (Phi) is 3.48. The molecule has 2 rings (SSSR count). The van der Waals surface area contributed by atoms with Crippen LogP contribution in [0.5, 0.6) is 5.75 Å². The molecule has 0 bridgehead atoms. The number of hydrogen-bond acceptors (Lipinski definition) is 3. The van der Waals surface area contributed by atoms with Crippen molar-refractivity contribution >= 4 is 5.78 Å². The first kappa shape index (κ1) is 12.1. The molecule has 2 N–H and O–H groups in total. The summed E-state index contributed by atoms with van der Waals surface area (Å²) in [6.07, 6.45) is 4.04. The van der Waals surface area contributed by atoms with Crippen molar-refractivity contribution in [2.75, 3.05) is 13.7 Å². The van der Waals surface area contributed by atoms with E-state index in [2.05, 4.69) is 0 Å². The molecule has 1 fully saturated rings. The van der Waals surface area contributed by atoms with Gasteiger partial charge in [0.05, 0.1) is 7.11 Å². The monoisotopic (exact) mass is 233 g/mol. The molecule has 92 valence electrons. The molecule has 1 aliphatic carbocycles. The van der Waals surface area contributed by atoms with Crippen molar-refractivity contribution in [3.63, 3.8) is 0 Å². The zero-order valence-electron chi connectivity index (χ0n) is 10.2. The summed E-state index contributed by atoms with van der Waals surface area (Å²) in [4.78, 5) is 12.5. The third kappa shape index (κ3) is 2.20. The van der Waals surface area contributed by atoms with Gasteiger partial charge in [0.1, 0.15) is 5.75 Å². The summed E-state index contributed by atoms with van der Waals surface area (Å²) in [5.74, 6) is 0.900. The van der Waals surface area contributed by atoms with Crippen LogP contribution in [0.4, 0.5) is 0 Å². The topological polar surface area (TPSA) is 52.3 Å². The average Bonchev–Trinajstić information content (AvgIpc) is 2.88. The molecule has 0 radical (unpaired) electrons. The molecule has 3 nitrogen and oxygen atoms in total. The van der Waals surface area contributed by atoms with Crippen molar-refractivity contribution in [1.82, 2.24) is 0 Å². The van der Waals surface area contributed by atoms with Crippen LogP contribution in [0, 0.1) is 5.41 Å². The Bertz CT molecular complexity index is 408. The minimum Gasteiger partial charge on any atom is -0.497 e. The maximum atomic E-state index is 12.5. The Morgan fingerprint density at radius 2 is 2.12 bits per heavy atom. The van der Waals surface area contributed by atoms with Gasteiger partial charge in [0, 0.05) is 17.5 Å². The third-order valence-electron chi connectivity index (χ3n) is 3.76. The van der Waals surface area contributed by atoms with Crippen molar-refractivity contribution in [2.24, 2.45) is 11.1 Å². The van der Waals surface area contributed by atoms with Crippen LogP contribution in [0.25, 0.3) is 0 Å². The minimum atomic E-state index is -0.327. The van der Waals surface area contributed by atoms with Gasteiger partial charge in [-0.1, -0.05) is 25.0 Å². The van der Waals surface area contributed by atoms with Gasteiger partial charge in [-0.15, -0.1) is 0 Å². The number of hydrogen-bond donors (Lipinski definition) is 1. The molecule has 0 saturated heterocycles. The lowest BCUT2D eigenvalue weighted by molar-refractivity contribution is 0.0809. The van der Waals surface area contributed by atoms with Crippen molar-refractivity contribution in [3.8, 4) is 5.75 Å². The Hall–Kier alpha value is -1.35. The van der Waals surface area contributed by atoms with E-state index in [4.69, 9.17) is 10.5 Å². The predicted molar refractivity (Wildman–Crippen MR) is 67.3 cm³/mol. The highest BCUT2D eigenvalue weighted by atomic mass is 16.5. The molecule has 0 atom stereocenters. The zero-order chi connectivity index (χ0) is 12.3. The SMILES string of the molecule is COc1cccc(C(=O)C2(CN)CCCC2)c1. The van der Waals surface area contributed by atoms with Gasteiger partial charge in [-0.3, -0.25) is 4.79 Å². The van der Waals surface area contributed by atoms with Crippen LogP contribution in [0.1, 0.15) is 36.0 Å². The molecule has 1 aromatic rings. The third-order valence-corrected chi connectivity index (χ3v) is 3.76. The van der Waals surface area contributed by atoms with Crippen LogP contribution in [0.2, 0.25) is 0 Å². The van der Waals surface area contributed by atoms with Gasteiger partial charge < -0.3 is 10.5 Å². The van der Waals surface area contributed by atoms with E-state index in [9.17, 15) is 4.79 Å². The van der Waals surface area contributed by atoms with E-state index in [1.807, 2.05) is 18.2 Å². The molecule has 1 aliphatic rings. The summed E-state index contributed by atoms with van der Waals surface area (Å²) in [7, 11) is 1.61. The molecule has 0 aromatic heterocycles. The van der Waals surface area contributed by atoms with Gasteiger partial charge in [0.15, 0.2) is 5.78 Å². The zero-order valence-corrected chi connectivity index (χ0v) is 10.2. The quantitative estimate of drug-likeness (QED) is 0.812. The molecule has 1 aromatic carbocycles. The molecule has 0 unspecified atom stereocenters. The summed E-state index contributed by atoms with van der Waals surface area (Å²) >= 11 is 0. The van der Waals surface area contributed by atoms with E-state index >= 15 is 0 Å². The van der Waals surface area contributed by atoms with Gasteiger partial charge in [-0.2, -0.15) is 0 Å². The Labute approximate surface area is 102 Å². The summed E-state index contributed by atoms with van der Waals surface area (Å²) in [6, 6.07) is 7.35. The number of carbonyl (C=O) groups is 1. The lowest BCUT2D eigenvalue weighted by Crippen LogP contribution is -2.36. The highest BCUT2D eigenvalue weighted by Gasteiger charge is 2.40. The Morgan fingerprint density at radius 3 is 2.71 bits per heavy atom. The highest BCUT2D eigenvalue weighted by molar-refractivity contribution is 6.01. The van der Waals surface area contributed by atoms with Crippen LogP contribution in [-0.2, 0) is 0 Å². The number of rotatable bonds is 4. The summed E-state index contributed by atoms with van der Waals surface area (Å²) in [5, 5.41) is 0. The molecule has 0 heterocycles. The van der Waals surface area contributed by atoms with Crippen molar-refractivity contribution in [2.45, 2.75) is 25.7 Å². The summed E-state index contributed by atoms with van der Waals surface area (Å²) in [6.45, 7) is 0.447. The highest BCUT2D eigenvalue weighted by Crippen LogP contribution is 2.40. The van der Waals surface area contributed by atoms with E-state index in [-0.39, 0.29) is 11.2 Å². The molecule has 0 aliphatic heterocycles. The van der Waals surface area contributed by atoms with E-state index in [0.29, 0.717) is 6.54 Å². The molecule has 0 spiro atoms. The number of ketones is 1. The van der Waals surface area contributed by atoms with Crippen LogP contribution >= 0.6 is 0 Å². The molecular weight excluding hydrogens is 214 g/mol. The maximum Gasteiger partial charge on any atom is 0.170 e. The Morgan fingerprint density at radius 1 is 1.41 bits per heavy atom. The number of Topliss-reactive ketones (excluding diaryl/α,β-unsaturated/α-hetero) is 1. The molecule has 0 amide bonds. The van der Waals surface area contributed by atoms with Crippen LogP contribution in [0.15, 0.2) is 24.3 Å². The normalized spacial score (nSPS) is 18.0. The van der Waals surface area contributed by atoms with Gasteiger partial charge in [-0.25, -0.2) is 0 Å². The second-order valence-electron chi connectivity index (χ2n) is 4.75. The van der Waals surface area contributed by atoms with Gasteiger partial charge in [-0.05, 0) is 25.0 Å². The second-order valence-corrected chi connectivity index (χ2v) is 4.75. The van der Waals surface area contributed by atoms with Crippen molar-refractivity contribution < 1.29 is 9.53 Å². The number of benzene rings is 1. The lowest BCUT2D eigenvalue weighted by Gasteiger charge is -2.25. The smallest absolute Gasteiger partial charge is 0.170 e. The second kappa shape index (κ2) is 4.88. The predicted octanol–water partition coefficient (Wildman–Crippen LogP) is 2.40. The Balaban J connectivity index is 2.29. The fourth-order valence-electron chi connectivity index (χ4n) is 2.65. The fourth-order valence-corrected chi connectivity index (χ4v) is 2.65. The van der Waals surface area contributed by atoms with Gasteiger partial charge in [0.25, 0.3) is 0 Å².